The fourth-order valence-corrected chi connectivity index (χ4v) is 2.89. The molecule has 0 aromatic heterocycles. The first-order valence-corrected chi connectivity index (χ1v) is 7.39. The van der Waals surface area contributed by atoms with Gasteiger partial charge in [0.05, 0.1) is 13.2 Å². The summed E-state index contributed by atoms with van der Waals surface area (Å²) < 4.78 is 5.26. The molecule has 4 heteroatoms. The molecule has 0 bridgehead atoms. The summed E-state index contributed by atoms with van der Waals surface area (Å²) in [7, 11) is 1.62. The topological polar surface area (TPSA) is 29.5 Å². The fraction of sp³-hybridized carbons (Fsp3) is 0.167. The molecule has 0 radical (unpaired) electrons. The SMILES string of the molecule is COc1cccc(N2C(=O)C=C(C)C2c2ccc(Cl)cc2)c1. The van der Waals surface area contributed by atoms with Crippen LogP contribution in [-0.2, 0) is 4.79 Å². The zero-order chi connectivity index (χ0) is 15.7. The van der Waals surface area contributed by atoms with Gasteiger partial charge in [0.1, 0.15) is 5.75 Å². The van der Waals surface area contributed by atoms with E-state index in [0.29, 0.717) is 5.02 Å². The lowest BCUT2D eigenvalue weighted by Gasteiger charge is -2.27. The molecule has 1 aliphatic rings. The first kappa shape index (κ1) is 14.7. The zero-order valence-electron chi connectivity index (χ0n) is 12.4. The van der Waals surface area contributed by atoms with Crippen LogP contribution in [0.15, 0.2) is 60.2 Å². The Morgan fingerprint density at radius 2 is 1.86 bits per heavy atom. The molecule has 1 unspecified atom stereocenters. The van der Waals surface area contributed by atoms with Crippen LogP contribution in [0, 0.1) is 0 Å². The van der Waals surface area contributed by atoms with Gasteiger partial charge >= 0.3 is 0 Å². The lowest BCUT2D eigenvalue weighted by Crippen LogP contribution is -2.29. The van der Waals surface area contributed by atoms with E-state index in [-0.39, 0.29) is 11.9 Å². The smallest absolute Gasteiger partial charge is 0.251 e. The predicted molar refractivity (Wildman–Crippen MR) is 88.4 cm³/mol. The van der Waals surface area contributed by atoms with Gasteiger partial charge in [0.2, 0.25) is 0 Å². The molecule has 3 nitrogen and oxygen atoms in total. The van der Waals surface area contributed by atoms with Gasteiger partial charge in [-0.1, -0.05) is 29.8 Å². The number of carbonyl (C=O) groups is 1. The second kappa shape index (κ2) is 5.85. The van der Waals surface area contributed by atoms with E-state index < -0.39 is 0 Å². The van der Waals surface area contributed by atoms with E-state index in [0.717, 1.165) is 22.6 Å². The van der Waals surface area contributed by atoms with Crippen molar-refractivity contribution in [1.29, 1.82) is 0 Å². The van der Waals surface area contributed by atoms with Crippen molar-refractivity contribution in [1.82, 2.24) is 0 Å². The quantitative estimate of drug-likeness (QED) is 0.841. The molecule has 0 saturated carbocycles. The highest BCUT2D eigenvalue weighted by Gasteiger charge is 2.33. The highest BCUT2D eigenvalue weighted by Crippen LogP contribution is 2.38. The Balaban J connectivity index is 2.04. The summed E-state index contributed by atoms with van der Waals surface area (Å²) in [5.41, 5.74) is 2.86. The maximum Gasteiger partial charge on any atom is 0.251 e. The monoisotopic (exact) mass is 313 g/mol. The number of benzene rings is 2. The highest BCUT2D eigenvalue weighted by molar-refractivity contribution is 6.30. The highest BCUT2D eigenvalue weighted by atomic mass is 35.5. The average molecular weight is 314 g/mol. The molecule has 0 spiro atoms. The lowest BCUT2D eigenvalue weighted by atomic mass is 10.0. The van der Waals surface area contributed by atoms with Gasteiger partial charge in [0, 0.05) is 22.9 Å². The normalized spacial score (nSPS) is 17.6. The number of methoxy groups -OCH3 is 1. The Morgan fingerprint density at radius 3 is 2.55 bits per heavy atom. The van der Waals surface area contributed by atoms with E-state index >= 15 is 0 Å². The Hall–Kier alpha value is -2.26. The van der Waals surface area contributed by atoms with Crippen LogP contribution < -0.4 is 9.64 Å². The minimum atomic E-state index is -0.114. The van der Waals surface area contributed by atoms with Crippen molar-refractivity contribution < 1.29 is 9.53 Å². The molecular formula is C18H16ClNO2. The molecule has 0 saturated heterocycles. The number of halogens is 1. The molecule has 1 aliphatic heterocycles. The number of anilines is 1. The molecule has 2 aromatic rings. The standard InChI is InChI=1S/C18H16ClNO2/c1-12-10-17(21)20(15-4-3-5-16(11-15)22-2)18(12)13-6-8-14(19)9-7-13/h3-11,18H,1-2H3. The molecule has 0 aliphatic carbocycles. The number of amides is 1. The summed E-state index contributed by atoms with van der Waals surface area (Å²) in [5.74, 6) is 0.704. The maximum absolute atomic E-state index is 12.4. The molecular weight excluding hydrogens is 298 g/mol. The average Bonchev–Trinajstić information content (AvgIpc) is 2.82. The van der Waals surface area contributed by atoms with Gasteiger partial charge in [-0.05, 0) is 42.3 Å². The van der Waals surface area contributed by atoms with Crippen LogP contribution in [0.25, 0.3) is 0 Å². The van der Waals surface area contributed by atoms with Gasteiger partial charge in [0.25, 0.3) is 5.91 Å². The number of rotatable bonds is 3. The van der Waals surface area contributed by atoms with E-state index in [9.17, 15) is 4.79 Å². The van der Waals surface area contributed by atoms with Crippen molar-refractivity contribution in [2.75, 3.05) is 12.0 Å². The predicted octanol–water partition coefficient (Wildman–Crippen LogP) is 4.38. The van der Waals surface area contributed by atoms with Gasteiger partial charge in [0.15, 0.2) is 0 Å². The molecule has 0 fully saturated rings. The minimum Gasteiger partial charge on any atom is -0.497 e. The van der Waals surface area contributed by atoms with Crippen LogP contribution in [0.5, 0.6) is 5.75 Å². The summed E-state index contributed by atoms with van der Waals surface area (Å²) in [4.78, 5) is 14.2. The number of hydrogen-bond donors (Lipinski definition) is 0. The van der Waals surface area contributed by atoms with Crippen LogP contribution in [0.1, 0.15) is 18.5 Å². The Labute approximate surface area is 134 Å². The lowest BCUT2D eigenvalue weighted by molar-refractivity contribution is -0.113. The third-order valence-electron chi connectivity index (χ3n) is 3.80. The number of ether oxygens (including phenoxy) is 1. The number of hydrogen-bond acceptors (Lipinski definition) is 2. The van der Waals surface area contributed by atoms with E-state index in [4.69, 9.17) is 16.3 Å². The zero-order valence-corrected chi connectivity index (χ0v) is 13.2. The van der Waals surface area contributed by atoms with Gasteiger partial charge in [-0.25, -0.2) is 0 Å². The van der Waals surface area contributed by atoms with Crippen LogP contribution >= 0.6 is 11.6 Å². The van der Waals surface area contributed by atoms with Crippen molar-refractivity contribution in [3.8, 4) is 5.75 Å². The first-order valence-electron chi connectivity index (χ1n) is 7.01. The third kappa shape index (κ3) is 2.60. The number of carbonyl (C=O) groups excluding carboxylic acids is 1. The molecule has 1 amide bonds. The second-order valence-electron chi connectivity index (χ2n) is 5.25. The van der Waals surface area contributed by atoms with E-state index in [2.05, 4.69) is 0 Å². The van der Waals surface area contributed by atoms with Crippen LogP contribution in [0.4, 0.5) is 5.69 Å². The largest absolute Gasteiger partial charge is 0.497 e. The molecule has 2 aromatic carbocycles. The summed E-state index contributed by atoms with van der Waals surface area (Å²) in [6.45, 7) is 1.97. The molecule has 1 atom stereocenters. The van der Waals surface area contributed by atoms with E-state index in [1.54, 1.807) is 18.1 Å². The summed E-state index contributed by atoms with van der Waals surface area (Å²) >= 11 is 5.96. The van der Waals surface area contributed by atoms with Gasteiger partial charge in [-0.2, -0.15) is 0 Å². The first-order chi connectivity index (χ1) is 10.6. The number of nitrogens with zero attached hydrogens (tertiary/aromatic N) is 1. The molecule has 3 rings (SSSR count). The van der Waals surface area contributed by atoms with Crippen LogP contribution in [0.2, 0.25) is 5.02 Å². The summed E-state index contributed by atoms with van der Waals surface area (Å²) in [6.07, 6.45) is 1.68. The second-order valence-corrected chi connectivity index (χ2v) is 5.69. The van der Waals surface area contributed by atoms with Crippen molar-refractivity contribution in [3.05, 3.63) is 70.8 Å². The van der Waals surface area contributed by atoms with Crippen LogP contribution in [-0.4, -0.2) is 13.0 Å². The fourth-order valence-electron chi connectivity index (χ4n) is 2.77. The minimum absolute atomic E-state index is 0.0225. The van der Waals surface area contributed by atoms with Crippen molar-refractivity contribution in [2.24, 2.45) is 0 Å². The van der Waals surface area contributed by atoms with Crippen molar-refractivity contribution >= 4 is 23.2 Å². The van der Waals surface area contributed by atoms with Gasteiger partial charge in [-0.3, -0.25) is 9.69 Å². The molecule has 22 heavy (non-hydrogen) atoms. The third-order valence-corrected chi connectivity index (χ3v) is 4.05. The van der Waals surface area contributed by atoms with E-state index in [1.807, 2.05) is 55.5 Å². The van der Waals surface area contributed by atoms with E-state index in [1.165, 1.54) is 0 Å². The molecule has 1 heterocycles. The Kier molecular flexibility index (Phi) is 3.90. The maximum atomic E-state index is 12.4. The van der Waals surface area contributed by atoms with Gasteiger partial charge < -0.3 is 4.74 Å². The molecule has 112 valence electrons. The summed E-state index contributed by atoms with van der Waals surface area (Å²) in [5, 5.41) is 0.683. The molecule has 0 N–H and O–H groups in total. The van der Waals surface area contributed by atoms with Crippen LogP contribution in [0.3, 0.4) is 0 Å². The van der Waals surface area contributed by atoms with Gasteiger partial charge in [-0.15, -0.1) is 0 Å². The van der Waals surface area contributed by atoms with Crippen molar-refractivity contribution in [2.45, 2.75) is 13.0 Å². The Bertz CT molecular complexity index is 737. The van der Waals surface area contributed by atoms with Crippen molar-refractivity contribution in [3.63, 3.8) is 0 Å². The summed E-state index contributed by atoms with van der Waals surface area (Å²) in [6, 6.07) is 15.0. The Morgan fingerprint density at radius 1 is 1.14 bits per heavy atom.